The minimum atomic E-state index is 0.220. The van der Waals surface area contributed by atoms with E-state index in [2.05, 4.69) is 19.2 Å². The lowest BCUT2D eigenvalue weighted by Crippen LogP contribution is -2.39. The molecule has 2 rings (SSSR count). The molecule has 0 unspecified atom stereocenters. The molecule has 3 N–H and O–H groups in total. The Morgan fingerprint density at radius 1 is 1.29 bits per heavy atom. The minimum absolute atomic E-state index is 0.220. The van der Waals surface area contributed by atoms with Crippen LogP contribution in [0, 0.1) is 17.3 Å². The van der Waals surface area contributed by atoms with Gasteiger partial charge >= 0.3 is 0 Å². The quantitative estimate of drug-likeness (QED) is 0.787. The van der Waals surface area contributed by atoms with Crippen LogP contribution >= 0.6 is 0 Å². The molecule has 0 aliphatic heterocycles. The van der Waals surface area contributed by atoms with E-state index in [9.17, 15) is 4.79 Å². The van der Waals surface area contributed by atoms with Crippen molar-refractivity contribution >= 4 is 5.91 Å². The van der Waals surface area contributed by atoms with Gasteiger partial charge < -0.3 is 11.1 Å². The molecule has 17 heavy (non-hydrogen) atoms. The molecule has 2 aliphatic rings. The number of nitrogens with one attached hydrogen (secondary N) is 1. The molecule has 2 aliphatic carbocycles. The van der Waals surface area contributed by atoms with E-state index in [0.717, 1.165) is 32.2 Å². The molecule has 0 radical (unpaired) electrons. The number of carbonyl (C=O) groups is 1. The third-order valence-corrected chi connectivity index (χ3v) is 4.87. The summed E-state index contributed by atoms with van der Waals surface area (Å²) in [5, 5.41) is 3.17. The average molecular weight is 238 g/mol. The molecule has 2 fully saturated rings. The second kappa shape index (κ2) is 4.97. The Labute approximate surface area is 105 Å². The first-order chi connectivity index (χ1) is 8.03. The van der Waals surface area contributed by atoms with Gasteiger partial charge in [-0.05, 0) is 49.9 Å². The van der Waals surface area contributed by atoms with Crippen LogP contribution in [0.15, 0.2) is 0 Å². The van der Waals surface area contributed by atoms with Gasteiger partial charge in [-0.1, -0.05) is 13.8 Å². The third kappa shape index (κ3) is 3.01. The SMILES string of the molecule is CC(C)C1(CNC(=O)C2CCC(N)CC2)CC1. The molecule has 98 valence electrons. The Hall–Kier alpha value is -0.570. The highest BCUT2D eigenvalue weighted by Crippen LogP contribution is 2.51. The van der Waals surface area contributed by atoms with Crippen molar-refractivity contribution in [3.63, 3.8) is 0 Å². The maximum Gasteiger partial charge on any atom is 0.223 e. The van der Waals surface area contributed by atoms with E-state index in [4.69, 9.17) is 5.73 Å². The second-order valence-electron chi connectivity index (χ2n) is 6.35. The summed E-state index contributed by atoms with van der Waals surface area (Å²) in [6.07, 6.45) is 6.52. The fourth-order valence-electron chi connectivity index (χ4n) is 2.91. The van der Waals surface area contributed by atoms with Crippen molar-refractivity contribution in [3.8, 4) is 0 Å². The van der Waals surface area contributed by atoms with E-state index in [1.807, 2.05) is 0 Å². The van der Waals surface area contributed by atoms with Crippen molar-refractivity contribution in [3.05, 3.63) is 0 Å². The maximum absolute atomic E-state index is 12.0. The van der Waals surface area contributed by atoms with Gasteiger partial charge in [0.05, 0.1) is 0 Å². The van der Waals surface area contributed by atoms with Crippen LogP contribution < -0.4 is 11.1 Å². The Bertz CT molecular complexity index is 276. The average Bonchev–Trinajstić information content (AvgIpc) is 3.08. The van der Waals surface area contributed by atoms with Crippen molar-refractivity contribution in [1.29, 1.82) is 0 Å². The highest BCUT2D eigenvalue weighted by Gasteiger charge is 2.45. The van der Waals surface area contributed by atoms with E-state index in [0.29, 0.717) is 17.4 Å². The first-order valence-corrected chi connectivity index (χ1v) is 7.07. The normalized spacial score (nSPS) is 31.3. The molecule has 0 aromatic heterocycles. The van der Waals surface area contributed by atoms with Gasteiger partial charge in [0.25, 0.3) is 0 Å². The molecule has 0 aromatic carbocycles. The molecule has 0 spiro atoms. The minimum Gasteiger partial charge on any atom is -0.355 e. The maximum atomic E-state index is 12.0. The number of rotatable bonds is 4. The van der Waals surface area contributed by atoms with Crippen LogP contribution in [0.25, 0.3) is 0 Å². The van der Waals surface area contributed by atoms with Gasteiger partial charge in [-0.2, -0.15) is 0 Å². The molecule has 0 atom stereocenters. The van der Waals surface area contributed by atoms with E-state index >= 15 is 0 Å². The third-order valence-electron chi connectivity index (χ3n) is 4.87. The van der Waals surface area contributed by atoms with Crippen molar-refractivity contribution in [2.45, 2.75) is 58.4 Å². The predicted octanol–water partition coefficient (Wildman–Crippen LogP) is 2.06. The highest BCUT2D eigenvalue weighted by atomic mass is 16.1. The van der Waals surface area contributed by atoms with Crippen molar-refractivity contribution in [2.24, 2.45) is 23.0 Å². The molecule has 2 saturated carbocycles. The molecule has 0 saturated heterocycles. The number of hydrogen-bond acceptors (Lipinski definition) is 2. The molecular formula is C14H26N2O. The second-order valence-corrected chi connectivity index (χ2v) is 6.35. The Kier molecular flexibility index (Phi) is 3.76. The fourth-order valence-corrected chi connectivity index (χ4v) is 2.91. The monoisotopic (exact) mass is 238 g/mol. The lowest BCUT2D eigenvalue weighted by Gasteiger charge is -2.27. The summed E-state index contributed by atoms with van der Waals surface area (Å²) in [4.78, 5) is 12.0. The molecule has 3 heteroatoms. The number of hydrogen-bond donors (Lipinski definition) is 2. The molecule has 0 bridgehead atoms. The first-order valence-electron chi connectivity index (χ1n) is 7.07. The number of carbonyl (C=O) groups excluding carboxylic acids is 1. The lowest BCUT2D eigenvalue weighted by atomic mass is 9.85. The Morgan fingerprint density at radius 2 is 1.88 bits per heavy atom. The first kappa shape index (κ1) is 12.9. The molecule has 0 heterocycles. The van der Waals surface area contributed by atoms with Crippen LogP contribution in [0.1, 0.15) is 52.4 Å². The Balaban J connectivity index is 1.74. The Morgan fingerprint density at radius 3 is 2.35 bits per heavy atom. The summed E-state index contributed by atoms with van der Waals surface area (Å²) >= 11 is 0. The summed E-state index contributed by atoms with van der Waals surface area (Å²) in [7, 11) is 0. The van der Waals surface area contributed by atoms with Gasteiger partial charge in [0.2, 0.25) is 5.91 Å². The summed E-state index contributed by atoms with van der Waals surface area (Å²) in [6.45, 7) is 5.41. The topological polar surface area (TPSA) is 55.1 Å². The van der Waals surface area contributed by atoms with Gasteiger partial charge in [0, 0.05) is 18.5 Å². The van der Waals surface area contributed by atoms with Gasteiger partial charge in [0.15, 0.2) is 0 Å². The van der Waals surface area contributed by atoms with Gasteiger partial charge in [0.1, 0.15) is 0 Å². The zero-order chi connectivity index (χ0) is 12.5. The number of nitrogens with two attached hydrogens (primary N) is 1. The zero-order valence-electron chi connectivity index (χ0n) is 11.2. The number of amides is 1. The predicted molar refractivity (Wildman–Crippen MR) is 69.4 cm³/mol. The van der Waals surface area contributed by atoms with Gasteiger partial charge in [-0.15, -0.1) is 0 Å². The van der Waals surface area contributed by atoms with Gasteiger partial charge in [-0.25, -0.2) is 0 Å². The standard InChI is InChI=1S/C14H26N2O/c1-10(2)14(7-8-14)9-16-13(17)11-3-5-12(15)6-4-11/h10-12H,3-9,15H2,1-2H3,(H,16,17). The smallest absolute Gasteiger partial charge is 0.223 e. The van der Waals surface area contributed by atoms with Crippen molar-refractivity contribution < 1.29 is 4.79 Å². The largest absolute Gasteiger partial charge is 0.355 e. The van der Waals surface area contributed by atoms with E-state index in [1.165, 1.54) is 12.8 Å². The molecule has 0 aromatic rings. The lowest BCUT2D eigenvalue weighted by molar-refractivity contribution is -0.126. The van der Waals surface area contributed by atoms with Crippen molar-refractivity contribution in [1.82, 2.24) is 5.32 Å². The van der Waals surface area contributed by atoms with E-state index in [1.54, 1.807) is 0 Å². The fraction of sp³-hybridized carbons (Fsp3) is 0.929. The highest BCUT2D eigenvalue weighted by molar-refractivity contribution is 5.78. The summed E-state index contributed by atoms with van der Waals surface area (Å²) < 4.78 is 0. The molecule has 3 nitrogen and oxygen atoms in total. The molecular weight excluding hydrogens is 212 g/mol. The van der Waals surface area contributed by atoms with Crippen LogP contribution in [-0.4, -0.2) is 18.5 Å². The van der Waals surface area contributed by atoms with Crippen LogP contribution in [0.4, 0.5) is 0 Å². The van der Waals surface area contributed by atoms with E-state index in [-0.39, 0.29) is 11.8 Å². The van der Waals surface area contributed by atoms with Crippen LogP contribution in [0.2, 0.25) is 0 Å². The summed E-state index contributed by atoms with van der Waals surface area (Å²) in [5.74, 6) is 1.17. The van der Waals surface area contributed by atoms with Crippen LogP contribution in [0.5, 0.6) is 0 Å². The van der Waals surface area contributed by atoms with Crippen LogP contribution in [-0.2, 0) is 4.79 Å². The summed E-state index contributed by atoms with van der Waals surface area (Å²) in [5.41, 5.74) is 6.28. The zero-order valence-corrected chi connectivity index (χ0v) is 11.2. The van der Waals surface area contributed by atoms with Gasteiger partial charge in [-0.3, -0.25) is 4.79 Å². The molecule has 1 amide bonds. The van der Waals surface area contributed by atoms with Crippen LogP contribution in [0.3, 0.4) is 0 Å². The summed E-state index contributed by atoms with van der Waals surface area (Å²) in [6, 6.07) is 0.324. The van der Waals surface area contributed by atoms with E-state index < -0.39 is 0 Å². The van der Waals surface area contributed by atoms with Crippen molar-refractivity contribution in [2.75, 3.05) is 6.54 Å².